The van der Waals surface area contributed by atoms with Gasteiger partial charge in [-0.1, -0.05) is 47.5 Å². The van der Waals surface area contributed by atoms with Gasteiger partial charge in [-0.2, -0.15) is 0 Å². The summed E-state index contributed by atoms with van der Waals surface area (Å²) in [5.41, 5.74) is 2.38. The largest absolute Gasteiger partial charge is 0.348 e. The Hall–Kier alpha value is -2.13. The predicted molar refractivity (Wildman–Crippen MR) is 83.5 cm³/mol. The molecule has 0 radical (unpaired) electrons. The third-order valence-electron chi connectivity index (χ3n) is 2.99. The van der Waals surface area contributed by atoms with Gasteiger partial charge < -0.3 is 5.32 Å². The van der Waals surface area contributed by atoms with E-state index in [0.717, 1.165) is 5.56 Å². The first-order chi connectivity index (χ1) is 10.1. The molecule has 0 fully saturated rings. The van der Waals surface area contributed by atoms with Crippen molar-refractivity contribution < 1.29 is 9.18 Å². The maximum Gasteiger partial charge on any atom is 0.244 e. The van der Waals surface area contributed by atoms with E-state index in [9.17, 15) is 9.18 Å². The van der Waals surface area contributed by atoms with E-state index in [1.165, 1.54) is 29.8 Å². The number of rotatable bonds is 4. The zero-order valence-electron chi connectivity index (χ0n) is 11.6. The van der Waals surface area contributed by atoms with Crippen LogP contribution in [0.25, 0.3) is 6.08 Å². The van der Waals surface area contributed by atoms with Crippen molar-refractivity contribution >= 4 is 23.6 Å². The number of aryl methyl sites for hydroxylation is 1. The van der Waals surface area contributed by atoms with Crippen molar-refractivity contribution in [3.63, 3.8) is 0 Å². The highest BCUT2D eigenvalue weighted by atomic mass is 35.5. The highest BCUT2D eigenvalue weighted by Crippen LogP contribution is 2.20. The lowest BCUT2D eigenvalue weighted by Gasteiger charge is -2.03. The Balaban J connectivity index is 1.95. The van der Waals surface area contributed by atoms with Crippen LogP contribution in [-0.2, 0) is 11.3 Å². The molecule has 0 aliphatic heterocycles. The first kappa shape index (κ1) is 15.3. The van der Waals surface area contributed by atoms with Crippen LogP contribution in [0, 0.1) is 12.7 Å². The van der Waals surface area contributed by atoms with E-state index in [0.29, 0.717) is 6.54 Å². The molecule has 1 amide bonds. The van der Waals surface area contributed by atoms with Crippen LogP contribution < -0.4 is 5.32 Å². The van der Waals surface area contributed by atoms with Crippen molar-refractivity contribution in [2.45, 2.75) is 13.5 Å². The van der Waals surface area contributed by atoms with E-state index in [-0.39, 0.29) is 16.5 Å². The van der Waals surface area contributed by atoms with Gasteiger partial charge in [0.15, 0.2) is 0 Å². The van der Waals surface area contributed by atoms with Crippen LogP contribution >= 0.6 is 11.6 Å². The summed E-state index contributed by atoms with van der Waals surface area (Å²) in [5.74, 6) is -0.750. The van der Waals surface area contributed by atoms with E-state index in [2.05, 4.69) is 5.32 Å². The second-order valence-corrected chi connectivity index (χ2v) is 5.08. The molecule has 0 bridgehead atoms. The Morgan fingerprint density at radius 2 is 1.95 bits per heavy atom. The topological polar surface area (TPSA) is 29.1 Å². The molecule has 2 rings (SSSR count). The summed E-state index contributed by atoms with van der Waals surface area (Å²) >= 11 is 5.88. The normalized spacial score (nSPS) is 10.8. The molecule has 21 heavy (non-hydrogen) atoms. The van der Waals surface area contributed by atoms with Crippen molar-refractivity contribution in [1.82, 2.24) is 5.32 Å². The zero-order valence-corrected chi connectivity index (χ0v) is 12.3. The van der Waals surface area contributed by atoms with Crippen molar-refractivity contribution in [2.24, 2.45) is 0 Å². The van der Waals surface area contributed by atoms with Gasteiger partial charge in [0, 0.05) is 18.2 Å². The number of halogens is 2. The van der Waals surface area contributed by atoms with Gasteiger partial charge in [-0.15, -0.1) is 0 Å². The maximum absolute atomic E-state index is 13.5. The Kier molecular flexibility index (Phi) is 5.12. The number of hydrogen-bond donors (Lipinski definition) is 1. The van der Waals surface area contributed by atoms with Crippen LogP contribution in [-0.4, -0.2) is 5.91 Å². The Bertz CT molecular complexity index is 645. The SMILES string of the molecule is Cc1ccc(CNC(=O)C=Cc2c(F)cccc2Cl)cc1. The Labute approximate surface area is 128 Å². The number of amides is 1. The minimum atomic E-state index is -0.454. The van der Waals surface area contributed by atoms with Gasteiger partial charge >= 0.3 is 0 Å². The quantitative estimate of drug-likeness (QED) is 0.846. The molecule has 108 valence electrons. The Morgan fingerprint density at radius 3 is 2.62 bits per heavy atom. The lowest BCUT2D eigenvalue weighted by atomic mass is 10.1. The lowest BCUT2D eigenvalue weighted by molar-refractivity contribution is -0.116. The summed E-state index contributed by atoms with van der Waals surface area (Å²) in [6, 6.07) is 12.3. The van der Waals surface area contributed by atoms with Crippen LogP contribution in [0.3, 0.4) is 0 Å². The molecular formula is C17H15ClFNO. The number of benzene rings is 2. The summed E-state index contributed by atoms with van der Waals surface area (Å²) in [7, 11) is 0. The van der Waals surface area contributed by atoms with E-state index < -0.39 is 5.82 Å². The van der Waals surface area contributed by atoms with E-state index in [1.54, 1.807) is 6.07 Å². The third-order valence-corrected chi connectivity index (χ3v) is 3.32. The summed E-state index contributed by atoms with van der Waals surface area (Å²) in [4.78, 5) is 11.7. The minimum Gasteiger partial charge on any atom is -0.348 e. The molecule has 2 aromatic rings. The molecule has 0 heterocycles. The highest BCUT2D eigenvalue weighted by Gasteiger charge is 2.04. The summed E-state index contributed by atoms with van der Waals surface area (Å²) in [6.07, 6.45) is 2.65. The van der Waals surface area contributed by atoms with Crippen LogP contribution in [0.4, 0.5) is 4.39 Å². The van der Waals surface area contributed by atoms with Crippen LogP contribution in [0.1, 0.15) is 16.7 Å². The number of nitrogens with one attached hydrogen (secondary N) is 1. The summed E-state index contributed by atoms with van der Waals surface area (Å²) < 4.78 is 13.5. The first-order valence-electron chi connectivity index (χ1n) is 6.52. The van der Waals surface area contributed by atoms with Crippen molar-refractivity contribution in [1.29, 1.82) is 0 Å². The van der Waals surface area contributed by atoms with Crippen LogP contribution in [0.15, 0.2) is 48.5 Å². The van der Waals surface area contributed by atoms with Gasteiger partial charge in [0.05, 0.1) is 5.02 Å². The maximum atomic E-state index is 13.5. The van der Waals surface area contributed by atoms with Crippen LogP contribution in [0.5, 0.6) is 0 Å². The van der Waals surface area contributed by atoms with Gasteiger partial charge in [-0.05, 0) is 30.7 Å². The van der Waals surface area contributed by atoms with Gasteiger partial charge in [0.1, 0.15) is 5.82 Å². The molecule has 2 nitrogen and oxygen atoms in total. The van der Waals surface area contributed by atoms with Gasteiger partial charge in [0.25, 0.3) is 0 Å². The second kappa shape index (κ2) is 7.04. The van der Waals surface area contributed by atoms with Crippen molar-refractivity contribution in [2.75, 3.05) is 0 Å². The summed E-state index contributed by atoms with van der Waals surface area (Å²) in [5, 5.41) is 3.01. The smallest absolute Gasteiger partial charge is 0.244 e. The fourth-order valence-electron chi connectivity index (χ4n) is 1.78. The fraction of sp³-hybridized carbons (Fsp3) is 0.118. The van der Waals surface area contributed by atoms with Crippen molar-refractivity contribution in [3.8, 4) is 0 Å². The summed E-state index contributed by atoms with van der Waals surface area (Å²) in [6.45, 7) is 2.43. The van der Waals surface area contributed by atoms with Gasteiger partial charge in [0.2, 0.25) is 5.91 Å². The molecule has 0 aliphatic rings. The first-order valence-corrected chi connectivity index (χ1v) is 6.89. The molecule has 1 N–H and O–H groups in total. The molecular weight excluding hydrogens is 289 g/mol. The minimum absolute atomic E-state index is 0.213. The van der Waals surface area contributed by atoms with E-state index in [4.69, 9.17) is 11.6 Å². The number of carbonyl (C=O) groups excluding carboxylic acids is 1. The molecule has 2 aromatic carbocycles. The molecule has 0 spiro atoms. The van der Waals surface area contributed by atoms with Gasteiger partial charge in [-0.25, -0.2) is 4.39 Å². The van der Waals surface area contributed by atoms with Crippen LogP contribution in [0.2, 0.25) is 5.02 Å². The molecule has 0 saturated carbocycles. The molecule has 0 unspecified atom stereocenters. The second-order valence-electron chi connectivity index (χ2n) is 4.67. The average molecular weight is 304 g/mol. The molecule has 0 atom stereocenters. The van der Waals surface area contributed by atoms with Gasteiger partial charge in [-0.3, -0.25) is 4.79 Å². The highest BCUT2D eigenvalue weighted by molar-refractivity contribution is 6.32. The fourth-order valence-corrected chi connectivity index (χ4v) is 2.01. The molecule has 4 heteroatoms. The molecule has 0 saturated heterocycles. The lowest BCUT2D eigenvalue weighted by Crippen LogP contribution is -2.20. The predicted octanol–water partition coefficient (Wildman–Crippen LogP) is 4.12. The third kappa shape index (κ3) is 4.43. The van der Waals surface area contributed by atoms with Crippen molar-refractivity contribution in [3.05, 3.63) is 76.1 Å². The molecule has 0 aromatic heterocycles. The number of hydrogen-bond acceptors (Lipinski definition) is 1. The standard InChI is InChI=1S/C17H15ClFNO/c1-12-5-7-13(8-6-12)11-20-17(21)10-9-14-15(18)3-2-4-16(14)19/h2-10H,11H2,1H3,(H,20,21). The average Bonchev–Trinajstić information content (AvgIpc) is 2.46. The van der Waals surface area contributed by atoms with E-state index >= 15 is 0 Å². The molecule has 0 aliphatic carbocycles. The van der Waals surface area contributed by atoms with E-state index in [1.807, 2.05) is 31.2 Å². The Morgan fingerprint density at radius 1 is 1.24 bits per heavy atom. The number of carbonyl (C=O) groups is 1. The zero-order chi connectivity index (χ0) is 15.2. The monoisotopic (exact) mass is 303 g/mol.